The van der Waals surface area contributed by atoms with Crippen molar-refractivity contribution in [2.24, 2.45) is 4.99 Å². The number of aliphatic imine (C=N–C) groups is 1. The molecule has 6 nitrogen and oxygen atoms in total. The molecule has 1 spiro atoms. The summed E-state index contributed by atoms with van der Waals surface area (Å²) in [5, 5.41) is 5.98. The van der Waals surface area contributed by atoms with Gasteiger partial charge in [-0.1, -0.05) is 0 Å². The number of carbonyl (C=O) groups is 1. The third kappa shape index (κ3) is 2.58. The highest BCUT2D eigenvalue weighted by molar-refractivity contribution is 6.09. The van der Waals surface area contributed by atoms with E-state index in [4.69, 9.17) is 9.47 Å². The number of rotatable bonds is 3. The smallest absolute Gasteiger partial charge is 0.252 e. The molecule has 0 aliphatic carbocycles. The molecule has 0 radical (unpaired) electrons. The number of carbonyl (C=O) groups excluding carboxylic acids is 1. The highest BCUT2D eigenvalue weighted by Gasteiger charge is 2.47. The SMILES string of the molecule is COCCN=C1NC(=O)C2(CCOC(C)C2)N1. The number of nitrogens with zero attached hydrogens (tertiary/aromatic N) is 1. The van der Waals surface area contributed by atoms with Gasteiger partial charge in [0.1, 0.15) is 5.54 Å². The average molecular weight is 241 g/mol. The summed E-state index contributed by atoms with van der Waals surface area (Å²) >= 11 is 0. The van der Waals surface area contributed by atoms with Crippen molar-refractivity contribution in [1.82, 2.24) is 10.6 Å². The van der Waals surface area contributed by atoms with Crippen LogP contribution in [0.25, 0.3) is 0 Å². The maximum Gasteiger partial charge on any atom is 0.252 e. The molecule has 2 heterocycles. The first-order valence-corrected chi connectivity index (χ1v) is 5.91. The van der Waals surface area contributed by atoms with E-state index in [-0.39, 0.29) is 12.0 Å². The molecule has 2 aliphatic rings. The van der Waals surface area contributed by atoms with Crippen LogP contribution in [0.3, 0.4) is 0 Å². The Labute approximate surface area is 101 Å². The van der Waals surface area contributed by atoms with E-state index in [9.17, 15) is 4.79 Å². The number of guanidine groups is 1. The molecule has 0 saturated carbocycles. The van der Waals surface area contributed by atoms with Crippen LogP contribution in [-0.4, -0.2) is 50.4 Å². The van der Waals surface area contributed by atoms with Crippen molar-refractivity contribution >= 4 is 11.9 Å². The van der Waals surface area contributed by atoms with Gasteiger partial charge < -0.3 is 14.8 Å². The first-order valence-electron chi connectivity index (χ1n) is 5.91. The van der Waals surface area contributed by atoms with Gasteiger partial charge in [-0.15, -0.1) is 0 Å². The molecule has 17 heavy (non-hydrogen) atoms. The zero-order chi connectivity index (χ0) is 12.3. The molecule has 2 N–H and O–H groups in total. The quantitative estimate of drug-likeness (QED) is 0.662. The summed E-state index contributed by atoms with van der Waals surface area (Å²) in [5.41, 5.74) is -0.524. The van der Waals surface area contributed by atoms with Crippen molar-refractivity contribution in [2.75, 3.05) is 26.9 Å². The van der Waals surface area contributed by atoms with E-state index >= 15 is 0 Å². The van der Waals surface area contributed by atoms with Crippen molar-refractivity contribution in [1.29, 1.82) is 0 Å². The molecule has 2 fully saturated rings. The lowest BCUT2D eigenvalue weighted by Crippen LogP contribution is -2.52. The van der Waals surface area contributed by atoms with Gasteiger partial charge in [-0.2, -0.15) is 0 Å². The number of amides is 1. The Bertz CT molecular complexity index is 332. The van der Waals surface area contributed by atoms with E-state index in [2.05, 4.69) is 15.6 Å². The molecule has 6 heteroatoms. The number of nitrogens with one attached hydrogen (secondary N) is 2. The minimum absolute atomic E-state index is 0.00353. The van der Waals surface area contributed by atoms with Crippen molar-refractivity contribution in [2.45, 2.75) is 31.4 Å². The highest BCUT2D eigenvalue weighted by Crippen LogP contribution is 2.27. The fourth-order valence-corrected chi connectivity index (χ4v) is 2.28. The van der Waals surface area contributed by atoms with Gasteiger partial charge >= 0.3 is 0 Å². The van der Waals surface area contributed by atoms with Crippen LogP contribution in [-0.2, 0) is 14.3 Å². The molecular weight excluding hydrogens is 222 g/mol. The lowest BCUT2D eigenvalue weighted by Gasteiger charge is -2.34. The molecule has 96 valence electrons. The van der Waals surface area contributed by atoms with Gasteiger partial charge in [-0.25, -0.2) is 0 Å². The number of methoxy groups -OCH3 is 1. The monoisotopic (exact) mass is 241 g/mol. The fourth-order valence-electron chi connectivity index (χ4n) is 2.28. The van der Waals surface area contributed by atoms with Crippen LogP contribution in [0.5, 0.6) is 0 Å². The molecular formula is C11H19N3O3. The van der Waals surface area contributed by atoms with Crippen LogP contribution in [0, 0.1) is 0 Å². The van der Waals surface area contributed by atoms with Gasteiger partial charge in [0.05, 0.1) is 19.3 Å². The summed E-state index contributed by atoms with van der Waals surface area (Å²) in [6.07, 6.45) is 1.47. The summed E-state index contributed by atoms with van der Waals surface area (Å²) in [6.45, 7) is 3.68. The van der Waals surface area contributed by atoms with Crippen molar-refractivity contribution in [3.63, 3.8) is 0 Å². The second-order valence-corrected chi connectivity index (χ2v) is 4.52. The van der Waals surface area contributed by atoms with Gasteiger partial charge in [0.15, 0.2) is 5.96 Å². The molecule has 2 unspecified atom stereocenters. The third-order valence-electron chi connectivity index (χ3n) is 3.16. The number of hydrogen-bond donors (Lipinski definition) is 2. The first kappa shape index (κ1) is 12.3. The summed E-state index contributed by atoms with van der Waals surface area (Å²) in [4.78, 5) is 16.2. The number of hydrogen-bond acceptors (Lipinski definition) is 4. The Kier molecular flexibility index (Phi) is 3.63. The lowest BCUT2D eigenvalue weighted by molar-refractivity contribution is -0.129. The summed E-state index contributed by atoms with van der Waals surface area (Å²) in [5.74, 6) is 0.560. The summed E-state index contributed by atoms with van der Waals surface area (Å²) in [6, 6.07) is 0. The fraction of sp³-hybridized carbons (Fsp3) is 0.818. The van der Waals surface area contributed by atoms with Gasteiger partial charge in [0.25, 0.3) is 5.91 Å². The van der Waals surface area contributed by atoms with Crippen LogP contribution in [0.15, 0.2) is 4.99 Å². The Morgan fingerprint density at radius 1 is 1.65 bits per heavy atom. The van der Waals surface area contributed by atoms with Crippen LogP contribution < -0.4 is 10.6 Å². The van der Waals surface area contributed by atoms with Gasteiger partial charge in [0, 0.05) is 26.6 Å². The molecule has 0 bridgehead atoms. The van der Waals surface area contributed by atoms with Crippen molar-refractivity contribution < 1.29 is 14.3 Å². The van der Waals surface area contributed by atoms with E-state index in [0.29, 0.717) is 38.6 Å². The van der Waals surface area contributed by atoms with Crippen LogP contribution in [0.1, 0.15) is 19.8 Å². The standard InChI is InChI=1S/C11H19N3O3/c1-8-7-11(3-5-17-8)9(15)13-10(14-11)12-4-6-16-2/h8H,3-7H2,1-2H3,(H2,12,13,14,15). The zero-order valence-corrected chi connectivity index (χ0v) is 10.3. The topological polar surface area (TPSA) is 72.0 Å². The average Bonchev–Trinajstić information content (AvgIpc) is 2.56. The molecule has 2 aliphatic heterocycles. The first-order chi connectivity index (χ1) is 8.16. The van der Waals surface area contributed by atoms with Gasteiger partial charge in [-0.05, 0) is 6.92 Å². The Morgan fingerprint density at radius 3 is 3.18 bits per heavy atom. The van der Waals surface area contributed by atoms with Crippen molar-refractivity contribution in [3.8, 4) is 0 Å². The molecule has 0 aromatic rings. The van der Waals surface area contributed by atoms with Crippen molar-refractivity contribution in [3.05, 3.63) is 0 Å². The molecule has 2 atom stereocenters. The Hall–Kier alpha value is -1.14. The second kappa shape index (κ2) is 5.01. The molecule has 2 rings (SSSR count). The minimum atomic E-state index is -0.524. The minimum Gasteiger partial charge on any atom is -0.383 e. The Morgan fingerprint density at radius 2 is 2.47 bits per heavy atom. The maximum atomic E-state index is 12.0. The van der Waals surface area contributed by atoms with Crippen LogP contribution in [0.2, 0.25) is 0 Å². The second-order valence-electron chi connectivity index (χ2n) is 4.52. The van der Waals surface area contributed by atoms with E-state index in [1.54, 1.807) is 7.11 Å². The summed E-state index contributed by atoms with van der Waals surface area (Å²) < 4.78 is 10.4. The molecule has 2 saturated heterocycles. The van der Waals surface area contributed by atoms with Crippen LogP contribution in [0.4, 0.5) is 0 Å². The normalized spacial score (nSPS) is 35.1. The zero-order valence-electron chi connectivity index (χ0n) is 10.3. The molecule has 1 amide bonds. The van der Waals surface area contributed by atoms with E-state index in [1.165, 1.54) is 0 Å². The van der Waals surface area contributed by atoms with Gasteiger partial charge in [-0.3, -0.25) is 15.1 Å². The predicted molar refractivity (Wildman–Crippen MR) is 62.8 cm³/mol. The third-order valence-corrected chi connectivity index (χ3v) is 3.16. The van der Waals surface area contributed by atoms with E-state index < -0.39 is 5.54 Å². The van der Waals surface area contributed by atoms with Gasteiger partial charge in [0.2, 0.25) is 0 Å². The highest BCUT2D eigenvalue weighted by atomic mass is 16.5. The maximum absolute atomic E-state index is 12.0. The molecule has 0 aromatic carbocycles. The lowest BCUT2D eigenvalue weighted by atomic mass is 9.87. The van der Waals surface area contributed by atoms with Crippen LogP contribution >= 0.6 is 0 Å². The summed E-state index contributed by atoms with van der Waals surface area (Å²) in [7, 11) is 1.63. The predicted octanol–water partition coefficient (Wildman–Crippen LogP) is -0.354. The van der Waals surface area contributed by atoms with E-state index in [1.807, 2.05) is 6.92 Å². The number of ether oxygens (including phenoxy) is 2. The largest absolute Gasteiger partial charge is 0.383 e. The molecule has 0 aromatic heterocycles. The van der Waals surface area contributed by atoms with E-state index in [0.717, 1.165) is 0 Å². The Balaban J connectivity index is 2.01.